The van der Waals surface area contributed by atoms with Crippen LogP contribution in [0.2, 0.25) is 0 Å². The zero-order valence-electron chi connectivity index (χ0n) is 15.4. The van der Waals surface area contributed by atoms with Crippen molar-refractivity contribution in [3.63, 3.8) is 0 Å². The smallest absolute Gasteiger partial charge is 0.310 e. The van der Waals surface area contributed by atoms with E-state index in [1.807, 2.05) is 31.2 Å². The molecule has 1 aromatic rings. The Bertz CT molecular complexity index is 703. The van der Waals surface area contributed by atoms with Crippen LogP contribution in [-0.4, -0.2) is 48.9 Å². The Hall–Kier alpha value is -2.37. The second kappa shape index (κ2) is 7.89. The molecule has 0 aromatic heterocycles. The zero-order valence-corrected chi connectivity index (χ0v) is 15.4. The number of hydrogen-bond acceptors (Lipinski definition) is 4. The van der Waals surface area contributed by atoms with Gasteiger partial charge in [-0.15, -0.1) is 0 Å². The van der Waals surface area contributed by atoms with Gasteiger partial charge in [-0.3, -0.25) is 14.4 Å². The van der Waals surface area contributed by atoms with Gasteiger partial charge < -0.3 is 14.5 Å². The largest absolute Gasteiger partial charge is 0.466 e. The summed E-state index contributed by atoms with van der Waals surface area (Å²) in [5.41, 5.74) is 1.92. The molecule has 0 N–H and O–H groups in total. The van der Waals surface area contributed by atoms with Crippen LogP contribution in [0.15, 0.2) is 24.3 Å². The second-order valence-corrected chi connectivity index (χ2v) is 7.12. The van der Waals surface area contributed by atoms with E-state index in [1.165, 1.54) is 0 Å². The molecule has 2 amide bonds. The Morgan fingerprint density at radius 1 is 1.23 bits per heavy atom. The lowest BCUT2D eigenvalue weighted by Gasteiger charge is -2.33. The summed E-state index contributed by atoms with van der Waals surface area (Å²) < 4.78 is 5.10. The molecule has 6 nitrogen and oxygen atoms in total. The first-order valence-corrected chi connectivity index (χ1v) is 9.32. The average molecular weight is 358 g/mol. The lowest BCUT2D eigenvalue weighted by molar-refractivity contribution is -0.152. The van der Waals surface area contributed by atoms with E-state index in [-0.39, 0.29) is 36.0 Å². The summed E-state index contributed by atoms with van der Waals surface area (Å²) in [6.45, 7) is 5.56. The van der Waals surface area contributed by atoms with Crippen LogP contribution in [0.1, 0.15) is 31.7 Å². The fourth-order valence-electron chi connectivity index (χ4n) is 3.81. The maximum absolute atomic E-state index is 12.9. The summed E-state index contributed by atoms with van der Waals surface area (Å²) in [4.78, 5) is 40.8. The number of amides is 2. The van der Waals surface area contributed by atoms with Crippen molar-refractivity contribution in [2.75, 3.05) is 31.1 Å². The fraction of sp³-hybridized carbons (Fsp3) is 0.550. The molecule has 0 radical (unpaired) electrons. The van der Waals surface area contributed by atoms with Crippen molar-refractivity contribution in [1.29, 1.82) is 0 Å². The molecule has 0 aliphatic carbocycles. The predicted octanol–water partition coefficient (Wildman–Crippen LogP) is 2.15. The molecule has 0 spiro atoms. The molecule has 2 saturated heterocycles. The SMILES string of the molecule is CCOC(=O)[C@@H]1CCCN(C(=O)[C@H]2CC(=O)N(c3cccc(C)c3)C2)C1. The van der Waals surface area contributed by atoms with E-state index in [2.05, 4.69) is 0 Å². The molecular weight excluding hydrogens is 332 g/mol. The summed E-state index contributed by atoms with van der Waals surface area (Å²) in [5, 5.41) is 0. The van der Waals surface area contributed by atoms with Gasteiger partial charge >= 0.3 is 5.97 Å². The molecule has 2 aliphatic rings. The molecule has 0 bridgehead atoms. The first kappa shape index (κ1) is 18.4. The number of hydrogen-bond donors (Lipinski definition) is 0. The third-order valence-corrected chi connectivity index (χ3v) is 5.14. The fourth-order valence-corrected chi connectivity index (χ4v) is 3.81. The summed E-state index contributed by atoms with van der Waals surface area (Å²) in [7, 11) is 0. The Kier molecular flexibility index (Phi) is 5.59. The molecule has 2 heterocycles. The van der Waals surface area contributed by atoms with E-state index in [1.54, 1.807) is 16.7 Å². The summed E-state index contributed by atoms with van der Waals surface area (Å²) in [6.07, 6.45) is 1.77. The van der Waals surface area contributed by atoms with Gasteiger partial charge in [0.15, 0.2) is 0 Å². The van der Waals surface area contributed by atoms with Gasteiger partial charge in [-0.05, 0) is 44.4 Å². The van der Waals surface area contributed by atoms with Gasteiger partial charge in [-0.1, -0.05) is 12.1 Å². The Balaban J connectivity index is 1.65. The van der Waals surface area contributed by atoms with Crippen LogP contribution in [0.25, 0.3) is 0 Å². The Morgan fingerprint density at radius 2 is 2.04 bits per heavy atom. The van der Waals surface area contributed by atoms with Crippen molar-refractivity contribution in [2.24, 2.45) is 11.8 Å². The summed E-state index contributed by atoms with van der Waals surface area (Å²) in [6, 6.07) is 7.76. The van der Waals surface area contributed by atoms with Gasteiger partial charge in [0, 0.05) is 31.7 Å². The molecule has 3 rings (SSSR count). The Morgan fingerprint density at radius 3 is 2.77 bits per heavy atom. The number of piperidine rings is 1. The molecule has 0 saturated carbocycles. The summed E-state index contributed by atoms with van der Waals surface area (Å²) in [5.74, 6) is -0.870. The molecule has 1 aromatic carbocycles. The first-order valence-electron chi connectivity index (χ1n) is 9.32. The highest BCUT2D eigenvalue weighted by Crippen LogP contribution is 2.28. The Labute approximate surface area is 154 Å². The minimum atomic E-state index is -0.344. The predicted molar refractivity (Wildman–Crippen MR) is 97.6 cm³/mol. The molecule has 0 unspecified atom stereocenters. The van der Waals surface area contributed by atoms with Crippen LogP contribution in [0.4, 0.5) is 5.69 Å². The molecule has 2 fully saturated rings. The number of likely N-dealkylation sites (tertiary alicyclic amines) is 1. The number of rotatable bonds is 4. The third-order valence-electron chi connectivity index (χ3n) is 5.14. The van der Waals surface area contributed by atoms with Crippen molar-refractivity contribution in [3.8, 4) is 0 Å². The highest BCUT2D eigenvalue weighted by atomic mass is 16.5. The molecular formula is C20H26N2O4. The van der Waals surface area contributed by atoms with Crippen molar-refractivity contribution in [3.05, 3.63) is 29.8 Å². The molecule has 140 valence electrons. The first-order chi connectivity index (χ1) is 12.5. The van der Waals surface area contributed by atoms with Gasteiger partial charge in [0.25, 0.3) is 0 Å². The van der Waals surface area contributed by atoms with E-state index in [0.717, 1.165) is 24.1 Å². The van der Waals surface area contributed by atoms with Crippen molar-refractivity contribution < 1.29 is 19.1 Å². The molecule has 6 heteroatoms. The third kappa shape index (κ3) is 3.89. The van der Waals surface area contributed by atoms with Crippen LogP contribution in [0, 0.1) is 18.8 Å². The quantitative estimate of drug-likeness (QED) is 0.774. The van der Waals surface area contributed by atoms with Crippen LogP contribution in [0.3, 0.4) is 0 Å². The van der Waals surface area contributed by atoms with Gasteiger partial charge in [-0.25, -0.2) is 0 Å². The maximum atomic E-state index is 12.9. The highest BCUT2D eigenvalue weighted by Gasteiger charge is 2.39. The van der Waals surface area contributed by atoms with E-state index >= 15 is 0 Å². The second-order valence-electron chi connectivity index (χ2n) is 7.12. The van der Waals surface area contributed by atoms with E-state index < -0.39 is 0 Å². The molecule has 2 atom stereocenters. The standard InChI is InChI=1S/C20H26N2O4/c1-3-26-20(25)15-7-5-9-21(12-15)19(24)16-11-18(23)22(13-16)17-8-4-6-14(2)10-17/h4,6,8,10,15-16H,3,5,7,9,11-13H2,1-2H3/t15-,16+/m1/s1. The number of carbonyl (C=O) groups excluding carboxylic acids is 3. The normalized spacial score (nSPS) is 23.2. The van der Waals surface area contributed by atoms with Crippen LogP contribution < -0.4 is 4.90 Å². The van der Waals surface area contributed by atoms with Crippen molar-refractivity contribution in [1.82, 2.24) is 4.90 Å². The minimum absolute atomic E-state index is 0.0205. The molecule has 2 aliphatic heterocycles. The van der Waals surface area contributed by atoms with Crippen LogP contribution in [0.5, 0.6) is 0 Å². The summed E-state index contributed by atoms with van der Waals surface area (Å²) >= 11 is 0. The van der Waals surface area contributed by atoms with Crippen LogP contribution in [-0.2, 0) is 19.1 Å². The number of aryl methyl sites for hydroxylation is 1. The highest BCUT2D eigenvalue weighted by molar-refractivity contribution is 6.00. The van der Waals surface area contributed by atoms with Gasteiger partial charge in [0.05, 0.1) is 18.4 Å². The monoisotopic (exact) mass is 358 g/mol. The van der Waals surface area contributed by atoms with Crippen LogP contribution >= 0.6 is 0 Å². The lowest BCUT2D eigenvalue weighted by Crippen LogP contribution is -2.45. The van der Waals surface area contributed by atoms with Gasteiger partial charge in [0.2, 0.25) is 11.8 Å². The van der Waals surface area contributed by atoms with E-state index in [4.69, 9.17) is 4.74 Å². The number of ether oxygens (including phenoxy) is 1. The molecule has 26 heavy (non-hydrogen) atoms. The van der Waals surface area contributed by atoms with Crippen molar-refractivity contribution >= 4 is 23.5 Å². The lowest BCUT2D eigenvalue weighted by atomic mass is 9.96. The number of benzene rings is 1. The number of anilines is 1. The van der Waals surface area contributed by atoms with Gasteiger partial charge in [0.1, 0.15) is 0 Å². The zero-order chi connectivity index (χ0) is 18.7. The maximum Gasteiger partial charge on any atom is 0.310 e. The van der Waals surface area contributed by atoms with E-state index in [9.17, 15) is 14.4 Å². The average Bonchev–Trinajstić information content (AvgIpc) is 3.03. The number of esters is 1. The van der Waals surface area contributed by atoms with E-state index in [0.29, 0.717) is 26.2 Å². The number of carbonyl (C=O) groups is 3. The van der Waals surface area contributed by atoms with Gasteiger partial charge in [-0.2, -0.15) is 0 Å². The topological polar surface area (TPSA) is 66.9 Å². The number of nitrogens with zero attached hydrogens (tertiary/aromatic N) is 2. The minimum Gasteiger partial charge on any atom is -0.466 e. The van der Waals surface area contributed by atoms with Crippen molar-refractivity contribution in [2.45, 2.75) is 33.1 Å².